The maximum Gasteiger partial charge on any atom is 0.237 e. The van der Waals surface area contributed by atoms with E-state index < -0.39 is 0 Å². The van der Waals surface area contributed by atoms with Gasteiger partial charge in [0, 0.05) is 44.9 Å². The van der Waals surface area contributed by atoms with Gasteiger partial charge >= 0.3 is 0 Å². The first kappa shape index (κ1) is 16.7. The Morgan fingerprint density at radius 2 is 2.10 bits per heavy atom. The number of piperazine rings is 1. The van der Waals surface area contributed by atoms with E-state index in [4.69, 9.17) is 4.74 Å². The molecule has 1 heterocycles. The lowest BCUT2D eigenvalue weighted by molar-refractivity contribution is -0.127. The van der Waals surface area contributed by atoms with Crippen molar-refractivity contribution in [2.24, 2.45) is 0 Å². The molecule has 5 heteroatoms. The SMILES string of the molecule is CCOCCN1CCN(C(C)C(=O)NC2CC2)CC1CC. The van der Waals surface area contributed by atoms with Crippen molar-refractivity contribution in [3.63, 3.8) is 0 Å². The Morgan fingerprint density at radius 3 is 2.71 bits per heavy atom. The highest BCUT2D eigenvalue weighted by Crippen LogP contribution is 2.20. The second-order valence-electron chi connectivity index (χ2n) is 6.25. The molecule has 1 amide bonds. The van der Waals surface area contributed by atoms with Crippen molar-refractivity contribution in [1.29, 1.82) is 0 Å². The number of ether oxygens (including phenoxy) is 1. The van der Waals surface area contributed by atoms with Gasteiger partial charge in [-0.15, -0.1) is 0 Å². The van der Waals surface area contributed by atoms with Crippen LogP contribution in [0.4, 0.5) is 0 Å². The molecule has 5 nitrogen and oxygen atoms in total. The van der Waals surface area contributed by atoms with Crippen LogP contribution >= 0.6 is 0 Å². The van der Waals surface area contributed by atoms with Crippen LogP contribution in [0.15, 0.2) is 0 Å². The highest BCUT2D eigenvalue weighted by atomic mass is 16.5. The summed E-state index contributed by atoms with van der Waals surface area (Å²) in [6.07, 6.45) is 3.43. The van der Waals surface area contributed by atoms with Gasteiger partial charge in [-0.2, -0.15) is 0 Å². The van der Waals surface area contributed by atoms with Gasteiger partial charge in [0.1, 0.15) is 0 Å². The number of rotatable bonds is 8. The summed E-state index contributed by atoms with van der Waals surface area (Å²) < 4.78 is 5.47. The number of hydrogen-bond donors (Lipinski definition) is 1. The van der Waals surface area contributed by atoms with Crippen molar-refractivity contribution in [2.75, 3.05) is 39.4 Å². The van der Waals surface area contributed by atoms with Crippen LogP contribution in [0, 0.1) is 0 Å². The van der Waals surface area contributed by atoms with Crippen LogP contribution in [0.25, 0.3) is 0 Å². The topological polar surface area (TPSA) is 44.8 Å². The highest BCUT2D eigenvalue weighted by molar-refractivity contribution is 5.81. The van der Waals surface area contributed by atoms with E-state index in [0.29, 0.717) is 12.1 Å². The Bertz CT molecular complexity index is 333. The van der Waals surface area contributed by atoms with Crippen molar-refractivity contribution < 1.29 is 9.53 Å². The van der Waals surface area contributed by atoms with Gasteiger partial charge in [0.2, 0.25) is 5.91 Å². The average molecular weight is 297 g/mol. The fourth-order valence-corrected chi connectivity index (χ4v) is 2.99. The monoisotopic (exact) mass is 297 g/mol. The number of hydrogen-bond acceptors (Lipinski definition) is 4. The van der Waals surface area contributed by atoms with Gasteiger partial charge in [-0.1, -0.05) is 6.92 Å². The molecular weight excluding hydrogens is 266 g/mol. The van der Waals surface area contributed by atoms with E-state index in [-0.39, 0.29) is 11.9 Å². The molecule has 0 bridgehead atoms. The molecule has 1 aliphatic carbocycles. The molecule has 0 radical (unpaired) electrons. The molecule has 2 aliphatic rings. The van der Waals surface area contributed by atoms with E-state index in [2.05, 4.69) is 22.0 Å². The van der Waals surface area contributed by atoms with Gasteiger partial charge in [0.05, 0.1) is 12.6 Å². The maximum absolute atomic E-state index is 12.2. The Hall–Kier alpha value is -0.650. The Labute approximate surface area is 129 Å². The first-order valence-electron chi connectivity index (χ1n) is 8.51. The van der Waals surface area contributed by atoms with E-state index in [9.17, 15) is 4.79 Å². The number of carbonyl (C=O) groups excluding carboxylic acids is 1. The van der Waals surface area contributed by atoms with E-state index in [0.717, 1.165) is 58.7 Å². The summed E-state index contributed by atoms with van der Waals surface area (Å²) >= 11 is 0. The summed E-state index contributed by atoms with van der Waals surface area (Å²) in [5.74, 6) is 0.204. The summed E-state index contributed by atoms with van der Waals surface area (Å²) in [4.78, 5) is 17.0. The molecule has 0 aromatic rings. The minimum Gasteiger partial charge on any atom is -0.380 e. The van der Waals surface area contributed by atoms with Gasteiger partial charge < -0.3 is 10.1 Å². The quantitative estimate of drug-likeness (QED) is 0.681. The summed E-state index contributed by atoms with van der Waals surface area (Å²) in [6, 6.07) is 0.985. The van der Waals surface area contributed by atoms with Crippen LogP contribution in [0.2, 0.25) is 0 Å². The molecule has 1 N–H and O–H groups in total. The van der Waals surface area contributed by atoms with Gasteiger partial charge in [-0.25, -0.2) is 0 Å². The molecule has 0 aromatic carbocycles. The van der Waals surface area contributed by atoms with Crippen molar-refractivity contribution in [2.45, 2.75) is 58.2 Å². The first-order chi connectivity index (χ1) is 10.2. The van der Waals surface area contributed by atoms with Crippen LogP contribution in [0.5, 0.6) is 0 Å². The fraction of sp³-hybridized carbons (Fsp3) is 0.938. The van der Waals surface area contributed by atoms with Crippen molar-refractivity contribution >= 4 is 5.91 Å². The normalized spacial score (nSPS) is 25.8. The molecule has 2 unspecified atom stereocenters. The summed E-state index contributed by atoms with van der Waals surface area (Å²) in [5, 5.41) is 3.12. The molecule has 2 rings (SSSR count). The third kappa shape index (κ3) is 4.94. The third-order valence-corrected chi connectivity index (χ3v) is 4.69. The van der Waals surface area contributed by atoms with Crippen molar-refractivity contribution in [3.8, 4) is 0 Å². The zero-order valence-electron chi connectivity index (χ0n) is 13.8. The van der Waals surface area contributed by atoms with E-state index in [1.165, 1.54) is 0 Å². The van der Waals surface area contributed by atoms with Crippen LogP contribution in [-0.2, 0) is 9.53 Å². The van der Waals surface area contributed by atoms with E-state index >= 15 is 0 Å². The molecule has 21 heavy (non-hydrogen) atoms. The highest BCUT2D eigenvalue weighted by Gasteiger charge is 2.32. The lowest BCUT2D eigenvalue weighted by Crippen LogP contribution is -2.58. The van der Waals surface area contributed by atoms with Crippen LogP contribution < -0.4 is 5.32 Å². The van der Waals surface area contributed by atoms with E-state index in [1.807, 2.05) is 13.8 Å². The lowest BCUT2D eigenvalue weighted by atomic mass is 10.1. The number of amides is 1. The number of nitrogens with zero attached hydrogens (tertiary/aromatic N) is 2. The second kappa shape index (κ2) is 8.11. The summed E-state index contributed by atoms with van der Waals surface area (Å²) in [7, 11) is 0. The van der Waals surface area contributed by atoms with Crippen molar-refractivity contribution in [1.82, 2.24) is 15.1 Å². The molecule has 1 saturated carbocycles. The molecule has 1 saturated heterocycles. The zero-order chi connectivity index (χ0) is 15.2. The van der Waals surface area contributed by atoms with Gasteiger partial charge in [-0.3, -0.25) is 14.6 Å². The molecule has 2 fully saturated rings. The maximum atomic E-state index is 12.2. The first-order valence-corrected chi connectivity index (χ1v) is 8.51. The molecule has 0 spiro atoms. The predicted molar refractivity (Wildman–Crippen MR) is 84.3 cm³/mol. The standard InChI is InChI=1S/C16H31N3O2/c1-4-15-12-19(9-8-18(15)10-11-21-5-2)13(3)16(20)17-14-6-7-14/h13-15H,4-12H2,1-3H3,(H,17,20). The molecular formula is C16H31N3O2. The minimum absolute atomic E-state index is 0.00584. The summed E-state index contributed by atoms with van der Waals surface area (Å²) in [5.41, 5.74) is 0. The molecule has 1 aliphatic heterocycles. The lowest BCUT2D eigenvalue weighted by Gasteiger charge is -2.43. The number of nitrogens with one attached hydrogen (secondary N) is 1. The van der Waals surface area contributed by atoms with Gasteiger partial charge in [0.15, 0.2) is 0 Å². The molecule has 122 valence electrons. The Kier molecular flexibility index (Phi) is 6.45. The van der Waals surface area contributed by atoms with Gasteiger partial charge in [-0.05, 0) is 33.1 Å². The Morgan fingerprint density at radius 1 is 1.33 bits per heavy atom. The molecule has 0 aromatic heterocycles. The van der Waals surface area contributed by atoms with Gasteiger partial charge in [0.25, 0.3) is 0 Å². The third-order valence-electron chi connectivity index (χ3n) is 4.69. The fourth-order valence-electron chi connectivity index (χ4n) is 2.99. The van der Waals surface area contributed by atoms with Crippen LogP contribution in [0.3, 0.4) is 0 Å². The van der Waals surface area contributed by atoms with Crippen molar-refractivity contribution in [3.05, 3.63) is 0 Å². The zero-order valence-corrected chi connectivity index (χ0v) is 13.8. The predicted octanol–water partition coefficient (Wildman–Crippen LogP) is 1.09. The van der Waals surface area contributed by atoms with Crippen LogP contribution in [-0.4, -0.2) is 73.2 Å². The smallest absolute Gasteiger partial charge is 0.237 e. The second-order valence-corrected chi connectivity index (χ2v) is 6.25. The largest absolute Gasteiger partial charge is 0.380 e. The summed E-state index contributed by atoms with van der Waals surface area (Å²) in [6.45, 7) is 11.9. The Balaban J connectivity index is 1.79. The molecule has 2 atom stereocenters. The van der Waals surface area contributed by atoms with Crippen LogP contribution in [0.1, 0.15) is 40.0 Å². The minimum atomic E-state index is -0.00584. The average Bonchev–Trinajstić information content (AvgIpc) is 3.30. The van der Waals surface area contributed by atoms with E-state index in [1.54, 1.807) is 0 Å². The number of carbonyl (C=O) groups is 1.